The van der Waals surface area contributed by atoms with Gasteiger partial charge in [0.2, 0.25) is 0 Å². The third kappa shape index (κ3) is 3.26. The fraction of sp³-hybridized carbons (Fsp3) is 0. The first-order valence-electron chi connectivity index (χ1n) is 6.90. The second-order valence-corrected chi connectivity index (χ2v) is 5.04. The Morgan fingerprint density at radius 3 is 1.58 bits per heavy atom. The maximum absolute atomic E-state index is 12.6. The molecule has 0 aliphatic rings. The molecule has 4 N–H and O–H groups in total. The fourth-order valence-corrected chi connectivity index (χ4v) is 2.36. The van der Waals surface area contributed by atoms with Crippen LogP contribution in [0.3, 0.4) is 0 Å². The molecule has 0 aromatic heterocycles. The van der Waals surface area contributed by atoms with Crippen molar-refractivity contribution in [3.63, 3.8) is 0 Å². The van der Waals surface area contributed by atoms with Crippen molar-refractivity contribution in [1.29, 1.82) is 0 Å². The molecule has 0 amide bonds. The molecule has 0 aliphatic heterocycles. The highest BCUT2D eigenvalue weighted by molar-refractivity contribution is 6.19. The van der Waals surface area contributed by atoms with Crippen LogP contribution in [0.4, 0.5) is 0 Å². The Labute approximate surface area is 144 Å². The topological polar surface area (TPSA) is 166 Å². The molecule has 0 fully saturated rings. The predicted molar refractivity (Wildman–Crippen MR) is 84.2 cm³/mol. The molecule has 0 bridgehead atoms. The molecule has 2 rings (SSSR count). The van der Waals surface area contributed by atoms with E-state index in [-0.39, 0.29) is 11.1 Å². The lowest BCUT2D eigenvalue weighted by Crippen LogP contribution is -2.19. The Balaban J connectivity index is 2.75. The molecule has 0 saturated carbocycles. The van der Waals surface area contributed by atoms with Crippen molar-refractivity contribution in [3.05, 3.63) is 69.8 Å². The molecule has 0 aliphatic carbocycles. The minimum absolute atomic E-state index is 0.188. The van der Waals surface area contributed by atoms with Gasteiger partial charge in [0.1, 0.15) is 0 Å². The third-order valence-corrected chi connectivity index (χ3v) is 3.48. The Morgan fingerprint density at radius 2 is 1.08 bits per heavy atom. The number of rotatable bonds is 6. The lowest BCUT2D eigenvalue weighted by Gasteiger charge is -2.11. The molecule has 2 aromatic rings. The van der Waals surface area contributed by atoms with Crippen LogP contribution in [0.25, 0.3) is 0 Å². The number of carbonyl (C=O) groups is 5. The van der Waals surface area contributed by atoms with Crippen LogP contribution in [0, 0.1) is 0 Å². The quantitative estimate of drug-likeness (QED) is 0.562. The highest BCUT2D eigenvalue weighted by Crippen LogP contribution is 2.23. The van der Waals surface area contributed by atoms with Gasteiger partial charge in [-0.2, -0.15) is 0 Å². The number of hydrogen-bond acceptors (Lipinski definition) is 5. The first-order valence-corrected chi connectivity index (χ1v) is 6.90. The SMILES string of the molecule is O=C(O)c1cccc(C(=O)c2ccc(C(=O)O)c(C(=O)O)c2C(=O)O)c1. The van der Waals surface area contributed by atoms with Crippen LogP contribution < -0.4 is 0 Å². The van der Waals surface area contributed by atoms with Gasteiger partial charge in [-0.1, -0.05) is 12.1 Å². The molecule has 26 heavy (non-hydrogen) atoms. The molecule has 0 spiro atoms. The minimum atomic E-state index is -1.83. The number of benzene rings is 2. The summed E-state index contributed by atoms with van der Waals surface area (Å²) in [7, 11) is 0. The van der Waals surface area contributed by atoms with Gasteiger partial charge in [-0.3, -0.25) is 4.79 Å². The molecule has 9 nitrogen and oxygen atoms in total. The van der Waals surface area contributed by atoms with Gasteiger partial charge < -0.3 is 20.4 Å². The van der Waals surface area contributed by atoms with E-state index in [0.29, 0.717) is 0 Å². The molecule has 0 unspecified atom stereocenters. The summed E-state index contributed by atoms with van der Waals surface area (Å²) in [6.45, 7) is 0. The zero-order valence-corrected chi connectivity index (χ0v) is 12.8. The summed E-state index contributed by atoms with van der Waals surface area (Å²) in [4.78, 5) is 57.7. The van der Waals surface area contributed by atoms with Crippen molar-refractivity contribution >= 4 is 29.7 Å². The molecule has 0 saturated heterocycles. The number of aromatic carboxylic acids is 4. The highest BCUT2D eigenvalue weighted by atomic mass is 16.4. The number of carbonyl (C=O) groups excluding carboxylic acids is 1. The molecular formula is C17H10O9. The van der Waals surface area contributed by atoms with Crippen molar-refractivity contribution < 1.29 is 44.4 Å². The normalized spacial score (nSPS) is 10.2. The van der Waals surface area contributed by atoms with E-state index < -0.39 is 51.9 Å². The van der Waals surface area contributed by atoms with Crippen LogP contribution in [0.2, 0.25) is 0 Å². The average molecular weight is 358 g/mol. The number of ketones is 1. The van der Waals surface area contributed by atoms with Gasteiger partial charge >= 0.3 is 23.9 Å². The van der Waals surface area contributed by atoms with Crippen molar-refractivity contribution in [2.75, 3.05) is 0 Å². The molecule has 9 heteroatoms. The molecule has 0 radical (unpaired) electrons. The van der Waals surface area contributed by atoms with E-state index in [9.17, 15) is 34.2 Å². The number of hydrogen-bond donors (Lipinski definition) is 4. The van der Waals surface area contributed by atoms with Crippen molar-refractivity contribution in [3.8, 4) is 0 Å². The van der Waals surface area contributed by atoms with Crippen LogP contribution in [0.1, 0.15) is 57.4 Å². The Bertz CT molecular complexity index is 972. The van der Waals surface area contributed by atoms with Gasteiger partial charge in [0.25, 0.3) is 0 Å². The number of carboxylic acid groups (broad SMARTS) is 4. The summed E-state index contributed by atoms with van der Waals surface area (Å²) in [6, 6.07) is 6.41. The van der Waals surface area contributed by atoms with Crippen LogP contribution >= 0.6 is 0 Å². The first-order chi connectivity index (χ1) is 12.1. The van der Waals surface area contributed by atoms with Gasteiger partial charge in [0.15, 0.2) is 5.78 Å². The lowest BCUT2D eigenvalue weighted by atomic mass is 9.91. The summed E-state index contributed by atoms with van der Waals surface area (Å²) in [6.07, 6.45) is 0. The van der Waals surface area contributed by atoms with E-state index in [1.54, 1.807) is 0 Å². The summed E-state index contributed by atoms with van der Waals surface area (Å²) in [5.74, 6) is -7.57. The maximum atomic E-state index is 12.6. The lowest BCUT2D eigenvalue weighted by molar-refractivity contribution is 0.0631. The Kier molecular flexibility index (Phi) is 4.83. The zero-order valence-electron chi connectivity index (χ0n) is 12.8. The van der Waals surface area contributed by atoms with E-state index >= 15 is 0 Å². The number of carboxylic acids is 4. The second kappa shape index (κ2) is 6.85. The van der Waals surface area contributed by atoms with Crippen molar-refractivity contribution in [2.45, 2.75) is 0 Å². The van der Waals surface area contributed by atoms with Crippen molar-refractivity contribution in [2.24, 2.45) is 0 Å². The van der Waals surface area contributed by atoms with E-state index in [0.717, 1.165) is 18.2 Å². The van der Waals surface area contributed by atoms with E-state index in [2.05, 4.69) is 0 Å². The predicted octanol–water partition coefficient (Wildman–Crippen LogP) is 1.71. The highest BCUT2D eigenvalue weighted by Gasteiger charge is 2.29. The standard InChI is InChI=1S/C17H10O9/c18-13(7-2-1-3-8(6-7)14(19)20)9-4-5-10(15(21)22)12(17(25)26)11(9)16(23)24/h1-6H,(H,19,20)(H,21,22)(H,23,24)(H,25,26). The van der Waals surface area contributed by atoms with E-state index in [1.807, 2.05) is 0 Å². The van der Waals surface area contributed by atoms with Gasteiger partial charge in [0, 0.05) is 11.1 Å². The third-order valence-electron chi connectivity index (χ3n) is 3.48. The van der Waals surface area contributed by atoms with Crippen LogP contribution in [0.15, 0.2) is 36.4 Å². The summed E-state index contributed by atoms with van der Waals surface area (Å²) >= 11 is 0. The smallest absolute Gasteiger partial charge is 0.337 e. The molecule has 132 valence electrons. The Hall–Kier alpha value is -4.01. The second-order valence-electron chi connectivity index (χ2n) is 5.04. The largest absolute Gasteiger partial charge is 0.478 e. The van der Waals surface area contributed by atoms with E-state index in [1.165, 1.54) is 18.2 Å². The van der Waals surface area contributed by atoms with Gasteiger partial charge in [-0.15, -0.1) is 0 Å². The maximum Gasteiger partial charge on any atom is 0.337 e. The summed E-state index contributed by atoms with van der Waals surface area (Å²) in [5, 5.41) is 36.6. The Morgan fingerprint density at radius 1 is 0.577 bits per heavy atom. The molecular weight excluding hydrogens is 348 g/mol. The minimum Gasteiger partial charge on any atom is -0.478 e. The van der Waals surface area contributed by atoms with Gasteiger partial charge in [-0.05, 0) is 24.3 Å². The monoisotopic (exact) mass is 358 g/mol. The first kappa shape index (κ1) is 18.3. The average Bonchev–Trinajstić information content (AvgIpc) is 2.59. The summed E-state index contributed by atoms with van der Waals surface area (Å²) < 4.78 is 0. The van der Waals surface area contributed by atoms with Crippen molar-refractivity contribution in [1.82, 2.24) is 0 Å². The van der Waals surface area contributed by atoms with Crippen LogP contribution in [-0.4, -0.2) is 50.1 Å². The molecule has 0 atom stereocenters. The van der Waals surface area contributed by atoms with Gasteiger partial charge in [0.05, 0.1) is 22.3 Å². The van der Waals surface area contributed by atoms with Crippen LogP contribution in [-0.2, 0) is 0 Å². The van der Waals surface area contributed by atoms with Crippen LogP contribution in [0.5, 0.6) is 0 Å². The molecule has 2 aromatic carbocycles. The van der Waals surface area contributed by atoms with E-state index in [4.69, 9.17) is 10.2 Å². The molecule has 0 heterocycles. The fourth-order valence-electron chi connectivity index (χ4n) is 2.36. The summed E-state index contributed by atoms with van der Waals surface area (Å²) in [5.41, 5.74) is -3.79. The van der Waals surface area contributed by atoms with Gasteiger partial charge in [-0.25, -0.2) is 19.2 Å². The zero-order chi connectivity index (χ0) is 19.6.